The molecule has 2 nitrogen and oxygen atoms in total. The van der Waals surface area contributed by atoms with Gasteiger partial charge in [-0.25, -0.2) is 4.39 Å². The second-order valence-electron chi connectivity index (χ2n) is 4.77. The summed E-state index contributed by atoms with van der Waals surface area (Å²) >= 11 is 0. The highest BCUT2D eigenvalue weighted by Crippen LogP contribution is 2.24. The SMILES string of the molecule is Cc1ccc(NC(CN)c2ccccc2F)c(C)c1. The first-order valence-electron chi connectivity index (χ1n) is 6.40. The molecule has 0 fully saturated rings. The van der Waals surface area contributed by atoms with E-state index in [1.165, 1.54) is 11.6 Å². The van der Waals surface area contributed by atoms with Crippen LogP contribution >= 0.6 is 0 Å². The smallest absolute Gasteiger partial charge is 0.128 e. The van der Waals surface area contributed by atoms with Gasteiger partial charge in [0.25, 0.3) is 0 Å². The van der Waals surface area contributed by atoms with Crippen LogP contribution in [0.4, 0.5) is 10.1 Å². The number of benzene rings is 2. The van der Waals surface area contributed by atoms with Crippen LogP contribution in [0.1, 0.15) is 22.7 Å². The lowest BCUT2D eigenvalue weighted by atomic mass is 10.0. The molecule has 0 aliphatic carbocycles. The minimum Gasteiger partial charge on any atom is -0.377 e. The molecule has 0 aliphatic heterocycles. The van der Waals surface area contributed by atoms with Gasteiger partial charge in [0.2, 0.25) is 0 Å². The number of halogens is 1. The van der Waals surface area contributed by atoms with Crippen molar-refractivity contribution in [1.82, 2.24) is 0 Å². The van der Waals surface area contributed by atoms with Crippen LogP contribution in [0.3, 0.4) is 0 Å². The first kappa shape index (κ1) is 13.6. The molecule has 0 spiro atoms. The molecule has 2 aromatic carbocycles. The third kappa shape index (κ3) is 3.12. The quantitative estimate of drug-likeness (QED) is 0.880. The second-order valence-corrected chi connectivity index (χ2v) is 4.77. The minimum atomic E-state index is -0.227. The van der Waals surface area contributed by atoms with Crippen LogP contribution in [0.5, 0.6) is 0 Å². The number of nitrogens with two attached hydrogens (primary N) is 1. The number of anilines is 1. The summed E-state index contributed by atoms with van der Waals surface area (Å²) in [4.78, 5) is 0. The molecule has 1 atom stereocenters. The van der Waals surface area contributed by atoms with E-state index >= 15 is 0 Å². The summed E-state index contributed by atoms with van der Waals surface area (Å²) in [5.41, 5.74) is 9.71. The van der Waals surface area contributed by atoms with Gasteiger partial charge in [-0.15, -0.1) is 0 Å². The Kier molecular flexibility index (Phi) is 4.17. The molecule has 3 N–H and O–H groups in total. The lowest BCUT2D eigenvalue weighted by Crippen LogP contribution is -2.22. The zero-order valence-electron chi connectivity index (χ0n) is 11.3. The van der Waals surface area contributed by atoms with Crippen molar-refractivity contribution in [2.24, 2.45) is 5.73 Å². The van der Waals surface area contributed by atoms with Crippen molar-refractivity contribution in [1.29, 1.82) is 0 Å². The van der Waals surface area contributed by atoms with Gasteiger partial charge in [-0.1, -0.05) is 35.9 Å². The molecule has 0 saturated carbocycles. The molecule has 1 unspecified atom stereocenters. The topological polar surface area (TPSA) is 38.0 Å². The van der Waals surface area contributed by atoms with Gasteiger partial charge in [0.1, 0.15) is 5.82 Å². The van der Waals surface area contributed by atoms with E-state index in [0.717, 1.165) is 11.3 Å². The summed E-state index contributed by atoms with van der Waals surface area (Å²) in [5, 5.41) is 3.32. The number of nitrogens with one attached hydrogen (secondary N) is 1. The lowest BCUT2D eigenvalue weighted by molar-refractivity contribution is 0.593. The van der Waals surface area contributed by atoms with Crippen molar-refractivity contribution in [2.45, 2.75) is 19.9 Å². The van der Waals surface area contributed by atoms with E-state index in [4.69, 9.17) is 5.73 Å². The maximum absolute atomic E-state index is 13.8. The van der Waals surface area contributed by atoms with E-state index in [2.05, 4.69) is 11.4 Å². The van der Waals surface area contributed by atoms with Crippen molar-refractivity contribution < 1.29 is 4.39 Å². The van der Waals surface area contributed by atoms with Crippen molar-refractivity contribution in [3.63, 3.8) is 0 Å². The Morgan fingerprint density at radius 1 is 1.16 bits per heavy atom. The standard InChI is InChI=1S/C16H19FN2/c1-11-7-8-15(12(2)9-11)19-16(10-18)13-5-3-4-6-14(13)17/h3-9,16,19H,10,18H2,1-2H3. The third-order valence-electron chi connectivity index (χ3n) is 3.23. The van der Waals surface area contributed by atoms with Gasteiger partial charge in [0, 0.05) is 17.8 Å². The minimum absolute atomic E-state index is 0.220. The van der Waals surface area contributed by atoms with Crippen molar-refractivity contribution in [3.05, 3.63) is 65.0 Å². The zero-order chi connectivity index (χ0) is 13.8. The van der Waals surface area contributed by atoms with Crippen LogP contribution in [-0.2, 0) is 0 Å². The summed E-state index contributed by atoms with van der Waals surface area (Å²) in [6.45, 7) is 4.42. The zero-order valence-corrected chi connectivity index (χ0v) is 11.3. The molecule has 2 aromatic rings. The first-order valence-corrected chi connectivity index (χ1v) is 6.40. The molecule has 3 heteroatoms. The molecule has 19 heavy (non-hydrogen) atoms. The highest BCUT2D eigenvalue weighted by atomic mass is 19.1. The Labute approximate surface area is 113 Å². The molecule has 100 valence electrons. The van der Waals surface area contributed by atoms with Gasteiger partial charge < -0.3 is 11.1 Å². The molecule has 0 heterocycles. The first-order chi connectivity index (χ1) is 9.11. The predicted octanol–water partition coefficient (Wildman–Crippen LogP) is 3.55. The highest BCUT2D eigenvalue weighted by Gasteiger charge is 2.14. The van der Waals surface area contributed by atoms with Gasteiger partial charge >= 0.3 is 0 Å². The number of hydrogen-bond donors (Lipinski definition) is 2. The molecule has 0 amide bonds. The van der Waals surface area contributed by atoms with Crippen molar-refractivity contribution >= 4 is 5.69 Å². The Morgan fingerprint density at radius 2 is 1.89 bits per heavy atom. The lowest BCUT2D eigenvalue weighted by Gasteiger charge is -2.20. The highest BCUT2D eigenvalue weighted by molar-refractivity contribution is 5.53. The maximum Gasteiger partial charge on any atom is 0.128 e. The van der Waals surface area contributed by atoms with Gasteiger partial charge in [0.05, 0.1) is 6.04 Å². The Balaban J connectivity index is 2.27. The molecule has 0 saturated heterocycles. The van der Waals surface area contributed by atoms with Crippen LogP contribution in [0.25, 0.3) is 0 Å². The Morgan fingerprint density at radius 3 is 2.53 bits per heavy atom. The summed E-state index contributed by atoms with van der Waals surface area (Å²) in [6.07, 6.45) is 0. The second kappa shape index (κ2) is 5.85. The normalized spacial score (nSPS) is 12.2. The largest absolute Gasteiger partial charge is 0.377 e. The van der Waals surface area contributed by atoms with Crippen LogP contribution in [0.2, 0.25) is 0 Å². The fourth-order valence-electron chi connectivity index (χ4n) is 2.18. The summed E-state index contributed by atoms with van der Waals surface area (Å²) in [6, 6.07) is 12.7. The van der Waals surface area contributed by atoms with E-state index < -0.39 is 0 Å². The molecule has 0 radical (unpaired) electrons. The van der Waals surface area contributed by atoms with Crippen LogP contribution < -0.4 is 11.1 Å². The Hall–Kier alpha value is -1.87. The molecular formula is C16H19FN2. The fourth-order valence-corrected chi connectivity index (χ4v) is 2.18. The maximum atomic E-state index is 13.8. The van der Waals surface area contributed by atoms with Gasteiger partial charge in [0.15, 0.2) is 0 Å². The van der Waals surface area contributed by atoms with Crippen molar-refractivity contribution in [3.8, 4) is 0 Å². The summed E-state index contributed by atoms with van der Waals surface area (Å²) in [5.74, 6) is -0.227. The number of hydrogen-bond acceptors (Lipinski definition) is 2. The number of aryl methyl sites for hydroxylation is 2. The van der Waals surface area contributed by atoms with Gasteiger partial charge in [-0.05, 0) is 31.5 Å². The van der Waals surface area contributed by atoms with E-state index in [9.17, 15) is 4.39 Å². The van der Waals surface area contributed by atoms with Crippen LogP contribution in [0, 0.1) is 19.7 Å². The summed E-state index contributed by atoms with van der Waals surface area (Å²) in [7, 11) is 0. The van der Waals surface area contributed by atoms with Crippen LogP contribution in [-0.4, -0.2) is 6.54 Å². The summed E-state index contributed by atoms with van der Waals surface area (Å²) < 4.78 is 13.8. The number of rotatable bonds is 4. The Bertz CT molecular complexity index is 566. The van der Waals surface area contributed by atoms with E-state index in [1.54, 1.807) is 12.1 Å². The van der Waals surface area contributed by atoms with Gasteiger partial charge in [-0.3, -0.25) is 0 Å². The third-order valence-corrected chi connectivity index (χ3v) is 3.23. The fraction of sp³-hybridized carbons (Fsp3) is 0.250. The molecular weight excluding hydrogens is 239 g/mol. The average Bonchev–Trinajstić information content (AvgIpc) is 2.39. The van der Waals surface area contributed by atoms with E-state index in [1.807, 2.05) is 32.0 Å². The molecule has 0 aliphatic rings. The van der Waals surface area contributed by atoms with Crippen molar-refractivity contribution in [2.75, 3.05) is 11.9 Å². The van der Waals surface area contributed by atoms with E-state index in [-0.39, 0.29) is 11.9 Å². The predicted molar refractivity (Wildman–Crippen MR) is 77.7 cm³/mol. The molecule has 0 aromatic heterocycles. The van der Waals surface area contributed by atoms with Crippen LogP contribution in [0.15, 0.2) is 42.5 Å². The molecule has 2 rings (SSSR count). The average molecular weight is 258 g/mol. The molecule has 0 bridgehead atoms. The monoisotopic (exact) mass is 258 g/mol. The van der Waals surface area contributed by atoms with E-state index in [0.29, 0.717) is 12.1 Å². The van der Waals surface area contributed by atoms with Gasteiger partial charge in [-0.2, -0.15) is 0 Å².